The summed E-state index contributed by atoms with van der Waals surface area (Å²) in [5, 5.41) is 15.8. The number of halogens is 1. The van der Waals surface area contributed by atoms with Crippen LogP contribution in [0.25, 0.3) is 28.4 Å². The lowest BCUT2D eigenvalue weighted by Crippen LogP contribution is -2.20. The highest BCUT2D eigenvalue weighted by atomic mass is 79.9. The van der Waals surface area contributed by atoms with Gasteiger partial charge in [0.2, 0.25) is 0 Å². The van der Waals surface area contributed by atoms with Gasteiger partial charge in [0.25, 0.3) is 11.2 Å². The van der Waals surface area contributed by atoms with E-state index < -0.39 is 10.9 Å². The van der Waals surface area contributed by atoms with Crippen molar-refractivity contribution in [2.24, 2.45) is 5.10 Å². The summed E-state index contributed by atoms with van der Waals surface area (Å²) in [6.45, 7) is 0. The number of hydrogen-bond acceptors (Lipinski definition) is 7. The highest BCUT2D eigenvalue weighted by molar-refractivity contribution is 9.10. The Labute approximate surface area is 236 Å². The van der Waals surface area contributed by atoms with Crippen molar-refractivity contribution >= 4 is 50.8 Å². The molecule has 5 aromatic rings. The number of non-ortho nitro benzene ring substituents is 1. The van der Waals surface area contributed by atoms with E-state index >= 15 is 0 Å². The van der Waals surface area contributed by atoms with Crippen molar-refractivity contribution in [1.29, 1.82) is 0 Å². The van der Waals surface area contributed by atoms with Gasteiger partial charge in [-0.3, -0.25) is 14.9 Å². The van der Waals surface area contributed by atoms with E-state index in [1.54, 1.807) is 48.5 Å². The summed E-state index contributed by atoms with van der Waals surface area (Å²) >= 11 is 3.42. The zero-order chi connectivity index (χ0) is 28.1. The molecule has 9 nitrogen and oxygen atoms in total. The minimum absolute atomic E-state index is 0.0852. The average Bonchev–Trinajstić information content (AvgIpc) is 2.97. The van der Waals surface area contributed by atoms with Gasteiger partial charge >= 0.3 is 5.97 Å². The molecule has 0 aliphatic rings. The Hall–Kier alpha value is -5.22. The Morgan fingerprint density at radius 3 is 2.52 bits per heavy atom. The number of nitro groups is 1. The highest BCUT2D eigenvalue weighted by Gasteiger charge is 2.13. The van der Waals surface area contributed by atoms with Gasteiger partial charge in [-0.1, -0.05) is 64.5 Å². The Bertz CT molecular complexity index is 1860. The van der Waals surface area contributed by atoms with Crippen molar-refractivity contribution in [2.45, 2.75) is 0 Å². The van der Waals surface area contributed by atoms with Crippen molar-refractivity contribution in [2.75, 3.05) is 0 Å². The van der Waals surface area contributed by atoms with Gasteiger partial charge in [-0.15, -0.1) is 0 Å². The van der Waals surface area contributed by atoms with Crippen molar-refractivity contribution in [1.82, 2.24) is 9.66 Å². The lowest BCUT2D eigenvalue weighted by atomic mass is 10.2. The summed E-state index contributed by atoms with van der Waals surface area (Å²) in [6.07, 6.45) is 4.03. The van der Waals surface area contributed by atoms with Gasteiger partial charge in [-0.25, -0.2) is 9.78 Å². The van der Waals surface area contributed by atoms with Gasteiger partial charge in [-0.05, 0) is 48.0 Å². The third kappa shape index (κ3) is 5.92. The fourth-order valence-corrected chi connectivity index (χ4v) is 4.13. The number of ether oxygens (including phenoxy) is 1. The second-order valence-electron chi connectivity index (χ2n) is 8.47. The summed E-state index contributed by atoms with van der Waals surface area (Å²) in [5.41, 5.74) is 1.72. The first kappa shape index (κ1) is 26.4. The van der Waals surface area contributed by atoms with Crippen LogP contribution in [0.15, 0.2) is 118 Å². The quantitative estimate of drug-likeness (QED) is 0.0550. The maximum atomic E-state index is 13.4. The van der Waals surface area contributed by atoms with Gasteiger partial charge < -0.3 is 4.74 Å². The number of carbonyl (C=O) groups excluding carboxylic acids is 1. The Balaban J connectivity index is 1.46. The Morgan fingerprint density at radius 2 is 1.73 bits per heavy atom. The summed E-state index contributed by atoms with van der Waals surface area (Å²) in [4.78, 5) is 41.1. The largest absolute Gasteiger partial charge is 0.423 e. The fourth-order valence-electron chi connectivity index (χ4n) is 3.87. The molecule has 0 saturated heterocycles. The molecule has 5 rings (SSSR count). The summed E-state index contributed by atoms with van der Waals surface area (Å²) in [7, 11) is 0. The molecule has 40 heavy (non-hydrogen) atoms. The number of para-hydroxylation sites is 2. The van der Waals surface area contributed by atoms with Crippen molar-refractivity contribution < 1.29 is 14.5 Å². The van der Waals surface area contributed by atoms with Crippen LogP contribution < -0.4 is 10.3 Å². The number of aromatic nitrogens is 2. The van der Waals surface area contributed by atoms with Crippen molar-refractivity contribution in [3.63, 3.8) is 0 Å². The second kappa shape index (κ2) is 11.7. The molecule has 0 unspecified atom stereocenters. The lowest BCUT2D eigenvalue weighted by molar-refractivity contribution is -0.384. The zero-order valence-corrected chi connectivity index (χ0v) is 22.3. The molecule has 0 saturated carbocycles. The molecule has 0 spiro atoms. The molecule has 0 atom stereocenters. The summed E-state index contributed by atoms with van der Waals surface area (Å²) < 4.78 is 7.60. The Morgan fingerprint density at radius 1 is 0.975 bits per heavy atom. The van der Waals surface area contributed by atoms with Crippen molar-refractivity contribution in [3.8, 4) is 17.1 Å². The first-order valence-electron chi connectivity index (χ1n) is 11.9. The van der Waals surface area contributed by atoms with E-state index in [1.807, 2.05) is 30.3 Å². The van der Waals surface area contributed by atoms with E-state index in [0.29, 0.717) is 33.4 Å². The minimum Gasteiger partial charge on any atom is -0.423 e. The summed E-state index contributed by atoms with van der Waals surface area (Å²) in [6, 6.07) is 27.0. The number of nitrogens with zero attached hydrogens (tertiary/aromatic N) is 4. The molecule has 0 aliphatic heterocycles. The van der Waals surface area contributed by atoms with E-state index in [1.165, 1.54) is 41.2 Å². The predicted molar refractivity (Wildman–Crippen MR) is 156 cm³/mol. The average molecular weight is 595 g/mol. The molecular weight excluding hydrogens is 576 g/mol. The molecule has 10 heteroatoms. The van der Waals surface area contributed by atoms with Gasteiger partial charge in [0.1, 0.15) is 5.75 Å². The molecule has 0 amide bonds. The third-order valence-corrected chi connectivity index (χ3v) is 6.32. The van der Waals surface area contributed by atoms with Crippen LogP contribution in [0.3, 0.4) is 0 Å². The number of fused-ring (bicyclic) bond motifs is 1. The standard InChI is InChI=1S/C30H19BrN4O5/c31-23-15-13-21(14-16-23)29-33-26-10-3-2-9-25(26)30(37)34(29)32-19-22-7-1-4-11-27(22)40-28(36)17-12-20-6-5-8-24(18-20)35(38)39/h1-19H/b17-12+,32-19?. The van der Waals surface area contributed by atoms with Crippen molar-refractivity contribution in [3.05, 3.63) is 139 Å². The van der Waals surface area contributed by atoms with Gasteiger partial charge in [0, 0.05) is 33.8 Å². The molecule has 1 aromatic heterocycles. The maximum absolute atomic E-state index is 13.4. The van der Waals surface area contributed by atoms with E-state index in [4.69, 9.17) is 4.74 Å². The molecular formula is C30H19BrN4O5. The van der Waals surface area contributed by atoms with Crippen LogP contribution in [-0.4, -0.2) is 26.8 Å². The van der Waals surface area contributed by atoms with Gasteiger partial charge in [-0.2, -0.15) is 9.78 Å². The van der Waals surface area contributed by atoms with Gasteiger partial charge in [0.05, 0.1) is 22.0 Å². The smallest absolute Gasteiger partial charge is 0.336 e. The van der Waals surface area contributed by atoms with Crippen LogP contribution in [0.4, 0.5) is 5.69 Å². The first-order valence-corrected chi connectivity index (χ1v) is 12.7. The number of carbonyl (C=O) groups is 1. The van der Waals surface area contributed by atoms with E-state index in [0.717, 1.165) is 4.47 Å². The predicted octanol–water partition coefficient (Wildman–Crippen LogP) is 6.24. The lowest BCUT2D eigenvalue weighted by Gasteiger charge is -2.10. The van der Waals surface area contributed by atoms with E-state index in [-0.39, 0.29) is 17.0 Å². The molecule has 196 valence electrons. The first-order chi connectivity index (χ1) is 19.4. The SMILES string of the molecule is O=C(/C=C/c1cccc([N+](=O)[O-])c1)Oc1ccccc1C=Nn1c(-c2ccc(Br)cc2)nc2ccccc2c1=O. The van der Waals surface area contributed by atoms with E-state index in [9.17, 15) is 19.7 Å². The molecule has 0 bridgehead atoms. The number of esters is 1. The van der Waals surface area contributed by atoms with Crippen LogP contribution in [0.5, 0.6) is 5.75 Å². The molecule has 0 aliphatic carbocycles. The van der Waals surface area contributed by atoms with Gasteiger partial charge in [0.15, 0.2) is 5.82 Å². The molecule has 4 aromatic carbocycles. The minimum atomic E-state index is -0.688. The van der Waals surface area contributed by atoms with Crippen LogP contribution in [0, 0.1) is 10.1 Å². The molecule has 0 radical (unpaired) electrons. The summed E-state index contributed by atoms with van der Waals surface area (Å²) in [5.74, 6) is -0.124. The van der Waals surface area contributed by atoms with E-state index in [2.05, 4.69) is 26.0 Å². The normalized spacial score (nSPS) is 11.3. The highest BCUT2D eigenvalue weighted by Crippen LogP contribution is 2.22. The third-order valence-electron chi connectivity index (χ3n) is 5.79. The van der Waals surface area contributed by atoms with Crippen LogP contribution in [0.1, 0.15) is 11.1 Å². The topological polar surface area (TPSA) is 117 Å². The number of benzene rings is 4. The fraction of sp³-hybridized carbons (Fsp3) is 0. The molecule has 0 fully saturated rings. The monoisotopic (exact) mass is 594 g/mol. The zero-order valence-electron chi connectivity index (χ0n) is 20.7. The Kier molecular flexibility index (Phi) is 7.70. The molecule has 0 N–H and O–H groups in total. The molecule has 1 heterocycles. The number of rotatable bonds is 7. The maximum Gasteiger partial charge on any atom is 0.336 e. The number of nitro benzene ring substituents is 1. The van der Waals surface area contributed by atoms with Crippen LogP contribution in [0.2, 0.25) is 0 Å². The van der Waals surface area contributed by atoms with Crippen LogP contribution in [-0.2, 0) is 4.79 Å². The van der Waals surface area contributed by atoms with Crippen LogP contribution >= 0.6 is 15.9 Å². The second-order valence-corrected chi connectivity index (χ2v) is 9.38. The number of hydrogen-bond donors (Lipinski definition) is 0.